The van der Waals surface area contributed by atoms with Crippen LogP contribution in [0, 0.1) is 29.6 Å². The molecule has 2 aliphatic carbocycles. The number of carbonyl (C=O) groups excluding carboxylic acids is 3. The number of alkyl halides is 3. The molecule has 9 nitrogen and oxygen atoms in total. The molecule has 258 valence electrons. The Labute approximate surface area is 299 Å². The van der Waals surface area contributed by atoms with Crippen molar-refractivity contribution in [1.29, 1.82) is 0 Å². The monoisotopic (exact) mass is 785 g/mol. The molecule has 6 unspecified atom stereocenters. The lowest BCUT2D eigenvalue weighted by Gasteiger charge is -2.43. The number of methoxy groups -OCH3 is 1. The highest BCUT2D eigenvalue weighted by atomic mass is 79.9. The lowest BCUT2D eigenvalue weighted by atomic mass is 9.68. The molecule has 2 bridgehead atoms. The van der Waals surface area contributed by atoms with Crippen molar-refractivity contribution in [3.05, 3.63) is 96.9 Å². The zero-order valence-corrected chi connectivity index (χ0v) is 29.3. The Kier molecular flexibility index (Phi) is 8.14. The highest BCUT2D eigenvalue weighted by Gasteiger charge is 2.70. The molecule has 7 atom stereocenters. The van der Waals surface area contributed by atoms with Crippen molar-refractivity contribution in [2.75, 3.05) is 23.9 Å². The molecule has 1 saturated heterocycles. The number of aromatic amines is 1. The number of hydrogen-bond donors (Lipinski definition) is 2. The van der Waals surface area contributed by atoms with E-state index in [1.165, 1.54) is 17.0 Å². The Morgan fingerprint density at radius 3 is 2.48 bits per heavy atom. The largest absolute Gasteiger partial charge is 0.497 e. The Morgan fingerprint density at radius 2 is 1.76 bits per heavy atom. The van der Waals surface area contributed by atoms with Crippen LogP contribution in [0.5, 0.6) is 11.5 Å². The third-order valence-electron chi connectivity index (χ3n) is 10.2. The van der Waals surface area contributed by atoms with Crippen LogP contribution in [-0.4, -0.2) is 41.7 Å². The number of anilines is 2. The van der Waals surface area contributed by atoms with E-state index in [-0.39, 0.29) is 45.4 Å². The lowest BCUT2D eigenvalue weighted by molar-refractivity contribution is -0.137. The van der Waals surface area contributed by atoms with Crippen molar-refractivity contribution >= 4 is 68.1 Å². The second-order valence-corrected chi connectivity index (χ2v) is 15.9. The summed E-state index contributed by atoms with van der Waals surface area (Å²) >= 11 is 6.21. The summed E-state index contributed by atoms with van der Waals surface area (Å²) in [6.45, 7) is -0.489. The molecule has 0 radical (unpaired) electrons. The number of H-pyrrole nitrogens is 1. The Morgan fingerprint density at radius 1 is 1.02 bits per heavy atom. The number of nitrogens with zero attached hydrogens (tertiary/aromatic N) is 1. The SMILES string of the molecule is COc1ccc(N2C(=O)C3C4CC(C3C2=O)C2C4Sc3[nH]c(=O)sc3[C@@H]2c2cc(Br)ccc2OCC(=O)Nc2cccc(C(F)(F)F)c2)cc1. The van der Waals surface area contributed by atoms with Crippen LogP contribution in [0.3, 0.4) is 0 Å². The van der Waals surface area contributed by atoms with Crippen LogP contribution >= 0.6 is 39.0 Å². The molecule has 1 aromatic heterocycles. The van der Waals surface area contributed by atoms with Gasteiger partial charge < -0.3 is 19.8 Å². The molecule has 2 saturated carbocycles. The van der Waals surface area contributed by atoms with Crippen LogP contribution in [-0.2, 0) is 20.6 Å². The van der Waals surface area contributed by atoms with E-state index in [1.807, 2.05) is 6.07 Å². The Hall–Kier alpha value is -4.08. The molecule has 2 N–H and O–H groups in total. The van der Waals surface area contributed by atoms with E-state index in [0.29, 0.717) is 34.2 Å². The first-order chi connectivity index (χ1) is 23.9. The van der Waals surface area contributed by atoms with E-state index in [1.54, 1.807) is 55.3 Å². The van der Waals surface area contributed by atoms with Gasteiger partial charge >= 0.3 is 11.0 Å². The van der Waals surface area contributed by atoms with Crippen molar-refractivity contribution in [3.63, 3.8) is 0 Å². The summed E-state index contributed by atoms with van der Waals surface area (Å²) in [5.41, 5.74) is 0.289. The number of aromatic nitrogens is 1. The molecule has 0 spiro atoms. The molecular formula is C35H27BrF3N3O6S2. The number of amides is 3. The highest BCUT2D eigenvalue weighted by Crippen LogP contribution is 2.69. The number of thioether (sulfide) groups is 1. The van der Waals surface area contributed by atoms with E-state index in [2.05, 4.69) is 26.2 Å². The van der Waals surface area contributed by atoms with Gasteiger partial charge in [-0.15, -0.1) is 11.8 Å². The molecule has 3 heterocycles. The molecule has 3 amide bonds. The number of carbonyl (C=O) groups is 3. The first-order valence-corrected chi connectivity index (χ1v) is 18.2. The second kappa shape index (κ2) is 12.3. The summed E-state index contributed by atoms with van der Waals surface area (Å²) in [4.78, 5) is 58.6. The lowest BCUT2D eigenvalue weighted by Crippen LogP contribution is -2.42. The molecular weight excluding hydrogens is 759 g/mol. The van der Waals surface area contributed by atoms with Crippen LogP contribution in [0.15, 0.2) is 81.0 Å². The average Bonchev–Trinajstić information content (AvgIpc) is 3.82. The van der Waals surface area contributed by atoms with E-state index in [4.69, 9.17) is 9.47 Å². The van der Waals surface area contributed by atoms with Crippen molar-refractivity contribution in [3.8, 4) is 11.5 Å². The van der Waals surface area contributed by atoms with Crippen LogP contribution < -0.4 is 24.6 Å². The summed E-state index contributed by atoms with van der Waals surface area (Å²) in [5, 5.41) is 3.11. The first-order valence-electron chi connectivity index (χ1n) is 15.7. The molecule has 2 aliphatic heterocycles. The average molecular weight is 787 g/mol. The first kappa shape index (κ1) is 33.1. The van der Waals surface area contributed by atoms with Gasteiger partial charge in [-0.2, -0.15) is 13.2 Å². The molecule has 50 heavy (non-hydrogen) atoms. The molecule has 8 rings (SSSR count). The second-order valence-electron chi connectivity index (χ2n) is 12.8. The Balaban J connectivity index is 1.11. The minimum Gasteiger partial charge on any atom is -0.497 e. The third kappa shape index (κ3) is 5.44. The van der Waals surface area contributed by atoms with E-state index in [0.717, 1.165) is 32.8 Å². The van der Waals surface area contributed by atoms with Crippen LogP contribution in [0.4, 0.5) is 24.5 Å². The van der Waals surface area contributed by atoms with Crippen LogP contribution in [0.25, 0.3) is 0 Å². The van der Waals surface area contributed by atoms with E-state index in [9.17, 15) is 32.3 Å². The summed E-state index contributed by atoms with van der Waals surface area (Å²) < 4.78 is 51.7. The van der Waals surface area contributed by atoms with E-state index < -0.39 is 42.0 Å². The van der Waals surface area contributed by atoms with Crippen molar-refractivity contribution in [2.45, 2.75) is 28.8 Å². The van der Waals surface area contributed by atoms with Crippen LogP contribution in [0.1, 0.15) is 28.3 Å². The predicted octanol–water partition coefficient (Wildman–Crippen LogP) is 6.92. The number of imide groups is 1. The quantitative estimate of drug-likeness (QED) is 0.196. The van der Waals surface area contributed by atoms with Gasteiger partial charge in [0.05, 0.1) is 35.2 Å². The molecule has 4 aromatic rings. The maximum absolute atomic E-state index is 14.1. The third-order valence-corrected chi connectivity index (χ3v) is 13.3. The zero-order valence-electron chi connectivity index (χ0n) is 26.0. The van der Waals surface area contributed by atoms with Crippen molar-refractivity contribution in [2.24, 2.45) is 29.6 Å². The minimum absolute atomic E-state index is 0.0191. The number of nitrogens with one attached hydrogen (secondary N) is 2. The van der Waals surface area contributed by atoms with Crippen molar-refractivity contribution in [1.82, 2.24) is 4.98 Å². The summed E-state index contributed by atoms with van der Waals surface area (Å²) in [5.74, 6) is -1.91. The van der Waals surface area contributed by atoms with Gasteiger partial charge in [0.25, 0.3) is 5.91 Å². The zero-order chi connectivity index (χ0) is 35.1. The number of hydrogen-bond acceptors (Lipinski definition) is 8. The fourth-order valence-electron chi connectivity index (χ4n) is 8.36. The van der Waals surface area contributed by atoms with E-state index >= 15 is 0 Å². The van der Waals surface area contributed by atoms with Gasteiger partial charge in [0.1, 0.15) is 11.5 Å². The topological polar surface area (TPSA) is 118 Å². The van der Waals surface area contributed by atoms with Gasteiger partial charge in [0.15, 0.2) is 6.61 Å². The fourth-order valence-corrected chi connectivity index (χ4v) is 11.6. The number of thiazole rings is 1. The van der Waals surface area contributed by atoms with Gasteiger partial charge in [0, 0.05) is 31.8 Å². The maximum Gasteiger partial charge on any atom is 0.416 e. The van der Waals surface area contributed by atoms with Gasteiger partial charge in [-0.3, -0.25) is 24.1 Å². The highest BCUT2D eigenvalue weighted by molar-refractivity contribution is 9.10. The molecule has 4 aliphatic rings. The smallest absolute Gasteiger partial charge is 0.416 e. The number of ether oxygens (including phenoxy) is 2. The molecule has 3 aromatic carbocycles. The normalized spacial score (nSPS) is 26.4. The number of benzene rings is 3. The summed E-state index contributed by atoms with van der Waals surface area (Å²) in [7, 11) is 1.54. The van der Waals surface area contributed by atoms with Crippen LogP contribution in [0.2, 0.25) is 0 Å². The number of halogens is 4. The van der Waals surface area contributed by atoms with Gasteiger partial charge in [0.2, 0.25) is 11.8 Å². The standard InChI is InChI=1S/C35H27BrF3N3O6S2/c1-47-19-8-6-18(7-9-19)42-32(44)27-21-13-22(28(27)33(42)45)29-26(21)25(30-31(49-29)41-34(46)50-30)20-12-16(36)5-10-23(20)48-14-24(43)40-17-4-2-3-15(11-17)35(37,38)39/h2-12,21-22,25-29H,13-14H2,1H3,(H,40,43)(H,41,46)/t21?,22?,25-,26?,27?,28?,29?/m1/s1. The van der Waals surface area contributed by atoms with Crippen molar-refractivity contribution < 1.29 is 37.0 Å². The Bertz CT molecular complexity index is 2100. The van der Waals surface area contributed by atoms with Gasteiger partial charge in [-0.05, 0) is 84.8 Å². The number of fused-ring (bicyclic) bond motifs is 9. The predicted molar refractivity (Wildman–Crippen MR) is 184 cm³/mol. The fraction of sp³-hybridized carbons (Fsp3) is 0.314. The minimum atomic E-state index is -4.56. The number of rotatable bonds is 7. The summed E-state index contributed by atoms with van der Waals surface area (Å²) in [6.07, 6.45) is -3.88. The molecule has 15 heteroatoms. The van der Waals surface area contributed by atoms with Gasteiger partial charge in [-0.25, -0.2) is 0 Å². The summed E-state index contributed by atoms with van der Waals surface area (Å²) in [6, 6.07) is 16.5. The molecule has 3 fully saturated rings. The maximum atomic E-state index is 14.1. The van der Waals surface area contributed by atoms with Gasteiger partial charge in [-0.1, -0.05) is 33.3 Å².